The Bertz CT molecular complexity index is 538. The van der Waals surface area contributed by atoms with Crippen molar-refractivity contribution in [3.05, 3.63) is 34.1 Å². The summed E-state index contributed by atoms with van der Waals surface area (Å²) in [5, 5.41) is 1.28. The Kier molecular flexibility index (Phi) is 3.87. The molecule has 0 saturated carbocycles. The lowest BCUT2D eigenvalue weighted by molar-refractivity contribution is 1.19. The van der Waals surface area contributed by atoms with Gasteiger partial charge in [-0.05, 0) is 17.7 Å². The second-order valence-corrected chi connectivity index (χ2v) is 3.50. The number of nitrogens with one attached hydrogen (secondary N) is 1. The summed E-state index contributed by atoms with van der Waals surface area (Å²) < 4.78 is 0. The van der Waals surface area contributed by atoms with E-state index < -0.39 is 0 Å². The number of nitrogens with two attached hydrogens (primary N) is 1. The first-order chi connectivity index (χ1) is 6.70. The lowest BCUT2D eigenvalue weighted by Gasteiger charge is -2.00. The van der Waals surface area contributed by atoms with E-state index in [0.29, 0.717) is 16.2 Å². The number of H-pyrrole nitrogens is 1. The van der Waals surface area contributed by atoms with Gasteiger partial charge in [0.2, 0.25) is 5.95 Å². The molecule has 1 aromatic heterocycles. The van der Waals surface area contributed by atoms with E-state index in [4.69, 9.17) is 5.73 Å². The number of aromatic nitrogens is 2. The molecule has 0 aliphatic rings. The molecule has 0 atom stereocenters. The van der Waals surface area contributed by atoms with Crippen molar-refractivity contribution in [2.24, 2.45) is 0 Å². The molecule has 4 nitrogen and oxygen atoms in total. The maximum absolute atomic E-state index is 11.5. The average molecular weight is 335 g/mol. The third kappa shape index (κ3) is 2.38. The first kappa shape index (κ1) is 12.2. The highest BCUT2D eigenvalue weighted by Crippen LogP contribution is 2.12. The summed E-state index contributed by atoms with van der Waals surface area (Å²) in [4.78, 5) is 18.0. The first-order valence-electron chi connectivity index (χ1n) is 4.05. The fraction of sp³-hybridized carbons (Fsp3) is 0.111. The molecular formula is C9H9Br2N3O. The van der Waals surface area contributed by atoms with Crippen LogP contribution in [0, 0.1) is 0 Å². The quantitative estimate of drug-likeness (QED) is 0.783. The summed E-state index contributed by atoms with van der Waals surface area (Å²) in [5.74, 6) is 0.147. The molecule has 6 heteroatoms. The van der Waals surface area contributed by atoms with Gasteiger partial charge < -0.3 is 5.73 Å². The summed E-state index contributed by atoms with van der Waals surface area (Å²) in [6.45, 7) is 0. The maximum Gasteiger partial charge on any atom is 0.260 e. The number of hydrogen-bond acceptors (Lipinski definition) is 3. The predicted octanol–water partition coefficient (Wildman–Crippen LogP) is 1.98. The lowest BCUT2D eigenvalue weighted by atomic mass is 10.2. The van der Waals surface area contributed by atoms with E-state index in [1.165, 1.54) is 0 Å². The van der Waals surface area contributed by atoms with Gasteiger partial charge >= 0.3 is 0 Å². The van der Waals surface area contributed by atoms with Crippen LogP contribution in [-0.4, -0.2) is 9.97 Å². The minimum atomic E-state index is -0.199. The van der Waals surface area contributed by atoms with E-state index in [1.54, 1.807) is 12.1 Å². The van der Waals surface area contributed by atoms with Gasteiger partial charge in [0.05, 0.1) is 10.9 Å². The van der Waals surface area contributed by atoms with Crippen molar-refractivity contribution in [2.45, 2.75) is 5.33 Å². The molecule has 1 heterocycles. The van der Waals surface area contributed by atoms with Gasteiger partial charge in [0, 0.05) is 5.33 Å². The van der Waals surface area contributed by atoms with Crippen molar-refractivity contribution in [2.75, 3.05) is 5.73 Å². The fourth-order valence-electron chi connectivity index (χ4n) is 1.29. The number of anilines is 1. The van der Waals surface area contributed by atoms with Crippen LogP contribution < -0.4 is 11.3 Å². The van der Waals surface area contributed by atoms with Crippen LogP contribution in [0.5, 0.6) is 0 Å². The Balaban J connectivity index is 0.00000112. The fourth-order valence-corrected chi connectivity index (χ4v) is 1.64. The van der Waals surface area contributed by atoms with Crippen LogP contribution in [-0.2, 0) is 5.33 Å². The standard InChI is InChI=1S/C9H8BrN3O.BrH/c10-4-5-1-2-7-6(3-5)8(14)13-9(11)12-7;/h1-3H,4H2,(H3,11,12,13,14);1H. The number of benzene rings is 1. The number of alkyl halides is 1. The number of nitrogen functional groups attached to an aromatic ring is 1. The van der Waals surface area contributed by atoms with Crippen LogP contribution in [0.2, 0.25) is 0 Å². The van der Waals surface area contributed by atoms with E-state index in [9.17, 15) is 4.79 Å². The highest BCUT2D eigenvalue weighted by molar-refractivity contribution is 9.08. The zero-order valence-corrected chi connectivity index (χ0v) is 11.0. The van der Waals surface area contributed by atoms with Gasteiger partial charge in [-0.2, -0.15) is 0 Å². The highest BCUT2D eigenvalue weighted by atomic mass is 79.9. The summed E-state index contributed by atoms with van der Waals surface area (Å²) in [6.07, 6.45) is 0. The Hall–Kier alpha value is -0.880. The largest absolute Gasteiger partial charge is 0.369 e. The summed E-state index contributed by atoms with van der Waals surface area (Å²) in [5.41, 5.74) is 6.88. The topological polar surface area (TPSA) is 71.8 Å². The van der Waals surface area contributed by atoms with Crippen molar-refractivity contribution < 1.29 is 0 Å². The van der Waals surface area contributed by atoms with E-state index in [1.807, 2.05) is 6.07 Å². The molecule has 3 N–H and O–H groups in total. The normalized spacial score (nSPS) is 9.93. The van der Waals surface area contributed by atoms with Gasteiger partial charge in [0.15, 0.2) is 0 Å². The van der Waals surface area contributed by atoms with Gasteiger partial charge in [0.25, 0.3) is 5.56 Å². The number of aromatic amines is 1. The third-order valence-corrected chi connectivity index (χ3v) is 2.59. The van der Waals surface area contributed by atoms with Gasteiger partial charge in [-0.25, -0.2) is 4.98 Å². The zero-order valence-electron chi connectivity index (χ0n) is 7.66. The molecule has 0 bridgehead atoms. The number of fused-ring (bicyclic) bond motifs is 1. The molecule has 15 heavy (non-hydrogen) atoms. The van der Waals surface area contributed by atoms with Crippen molar-refractivity contribution in [1.82, 2.24) is 9.97 Å². The predicted molar refractivity (Wildman–Crippen MR) is 69.7 cm³/mol. The number of hydrogen-bond donors (Lipinski definition) is 2. The molecule has 0 spiro atoms. The van der Waals surface area contributed by atoms with E-state index in [0.717, 1.165) is 5.56 Å². The molecule has 1 aromatic carbocycles. The van der Waals surface area contributed by atoms with Crippen LogP contribution in [0.4, 0.5) is 5.95 Å². The van der Waals surface area contributed by atoms with Crippen molar-refractivity contribution in [3.63, 3.8) is 0 Å². The molecular weight excluding hydrogens is 326 g/mol. The third-order valence-electron chi connectivity index (χ3n) is 1.94. The van der Waals surface area contributed by atoms with Crippen LogP contribution in [0.3, 0.4) is 0 Å². The van der Waals surface area contributed by atoms with Crippen LogP contribution in [0.15, 0.2) is 23.0 Å². The van der Waals surface area contributed by atoms with Crippen molar-refractivity contribution in [1.29, 1.82) is 0 Å². The minimum Gasteiger partial charge on any atom is -0.369 e. The average Bonchev–Trinajstić information content (AvgIpc) is 2.17. The Morgan fingerprint density at radius 2 is 2.20 bits per heavy atom. The van der Waals surface area contributed by atoms with Crippen LogP contribution in [0.1, 0.15) is 5.56 Å². The SMILES string of the molecule is Br.Nc1nc2ccc(CBr)cc2c(=O)[nH]1. The molecule has 80 valence electrons. The van der Waals surface area contributed by atoms with E-state index in [2.05, 4.69) is 25.9 Å². The summed E-state index contributed by atoms with van der Waals surface area (Å²) >= 11 is 3.32. The van der Waals surface area contributed by atoms with E-state index in [-0.39, 0.29) is 28.5 Å². The summed E-state index contributed by atoms with van der Waals surface area (Å²) in [7, 11) is 0. The molecule has 0 radical (unpaired) electrons. The number of rotatable bonds is 1. The first-order valence-corrected chi connectivity index (χ1v) is 5.17. The Morgan fingerprint density at radius 1 is 1.47 bits per heavy atom. The van der Waals surface area contributed by atoms with Gasteiger partial charge in [-0.1, -0.05) is 22.0 Å². The Morgan fingerprint density at radius 3 is 2.87 bits per heavy atom. The smallest absolute Gasteiger partial charge is 0.260 e. The van der Waals surface area contributed by atoms with Gasteiger partial charge in [-0.3, -0.25) is 9.78 Å². The van der Waals surface area contributed by atoms with Crippen molar-refractivity contribution in [3.8, 4) is 0 Å². The minimum absolute atomic E-state index is 0. The molecule has 0 saturated heterocycles. The van der Waals surface area contributed by atoms with Gasteiger partial charge in [-0.15, -0.1) is 17.0 Å². The number of halogens is 2. The maximum atomic E-state index is 11.5. The Labute approximate surface area is 105 Å². The molecule has 0 aliphatic carbocycles. The lowest BCUT2D eigenvalue weighted by Crippen LogP contribution is -2.11. The molecule has 2 aromatic rings. The molecule has 0 amide bonds. The second-order valence-electron chi connectivity index (χ2n) is 2.94. The molecule has 0 unspecified atom stereocenters. The van der Waals surface area contributed by atoms with Gasteiger partial charge in [0.1, 0.15) is 0 Å². The second kappa shape index (κ2) is 4.76. The highest BCUT2D eigenvalue weighted by Gasteiger charge is 2.02. The van der Waals surface area contributed by atoms with Crippen LogP contribution >= 0.6 is 32.9 Å². The van der Waals surface area contributed by atoms with Crippen LogP contribution in [0.25, 0.3) is 10.9 Å². The molecule has 0 fully saturated rings. The number of nitrogens with zero attached hydrogens (tertiary/aromatic N) is 1. The molecule has 2 rings (SSSR count). The monoisotopic (exact) mass is 333 g/mol. The van der Waals surface area contributed by atoms with E-state index >= 15 is 0 Å². The van der Waals surface area contributed by atoms with Crippen molar-refractivity contribution >= 4 is 49.8 Å². The summed E-state index contributed by atoms with van der Waals surface area (Å²) in [6, 6.07) is 5.50. The molecule has 0 aliphatic heterocycles. The zero-order chi connectivity index (χ0) is 10.1.